The van der Waals surface area contributed by atoms with E-state index in [-0.39, 0.29) is 5.54 Å². The molecular formula is C18H23N5O2. The van der Waals surface area contributed by atoms with Crippen molar-refractivity contribution < 1.29 is 9.47 Å². The zero-order chi connectivity index (χ0) is 17.4. The molecule has 1 N–H and O–H groups in total. The number of aromatic nitrogens is 3. The normalized spacial score (nSPS) is 19.5. The summed E-state index contributed by atoms with van der Waals surface area (Å²) in [7, 11) is 0. The van der Waals surface area contributed by atoms with Gasteiger partial charge in [0.1, 0.15) is 6.61 Å². The standard InChI is InChI=1S/C18H23N5O2/c1-4-23-16-13(10-20-23)15(21-12-5-7-24-8-6-12)14(9-19-16)17-22-18(2,3)11-25-17/h5,9-10H,4,6-8,11H2,1-3H3,(H,19,21). The van der Waals surface area contributed by atoms with Crippen molar-refractivity contribution in [3.8, 4) is 0 Å². The van der Waals surface area contributed by atoms with Crippen LogP contribution in [-0.4, -0.2) is 46.0 Å². The van der Waals surface area contributed by atoms with Crippen LogP contribution in [0.5, 0.6) is 0 Å². The molecule has 0 saturated heterocycles. The minimum absolute atomic E-state index is 0.215. The lowest BCUT2D eigenvalue weighted by atomic mass is 10.1. The predicted molar refractivity (Wildman–Crippen MR) is 96.9 cm³/mol. The molecule has 7 nitrogen and oxygen atoms in total. The average molecular weight is 341 g/mol. The van der Waals surface area contributed by atoms with Crippen LogP contribution >= 0.6 is 0 Å². The number of nitrogens with zero attached hydrogens (tertiary/aromatic N) is 4. The lowest BCUT2D eigenvalue weighted by molar-refractivity contribution is 0.155. The van der Waals surface area contributed by atoms with E-state index in [1.54, 1.807) is 0 Å². The number of aliphatic imine (C=N–C) groups is 1. The van der Waals surface area contributed by atoms with Gasteiger partial charge in [0.25, 0.3) is 0 Å². The molecule has 0 amide bonds. The Kier molecular flexibility index (Phi) is 3.95. The summed E-state index contributed by atoms with van der Waals surface area (Å²) in [6, 6.07) is 0. The smallest absolute Gasteiger partial charge is 0.220 e. The van der Waals surface area contributed by atoms with Gasteiger partial charge in [0.2, 0.25) is 5.90 Å². The maximum atomic E-state index is 5.86. The Bertz CT molecular complexity index is 866. The molecule has 0 radical (unpaired) electrons. The Balaban J connectivity index is 1.84. The van der Waals surface area contributed by atoms with E-state index in [0.29, 0.717) is 19.1 Å². The number of hydrogen-bond acceptors (Lipinski definition) is 6. The number of hydrogen-bond donors (Lipinski definition) is 1. The highest BCUT2D eigenvalue weighted by molar-refractivity contribution is 6.07. The lowest BCUT2D eigenvalue weighted by Crippen LogP contribution is -2.17. The van der Waals surface area contributed by atoms with E-state index in [9.17, 15) is 0 Å². The van der Waals surface area contributed by atoms with Gasteiger partial charge in [-0.2, -0.15) is 5.10 Å². The van der Waals surface area contributed by atoms with E-state index in [1.165, 1.54) is 0 Å². The minimum atomic E-state index is -0.215. The number of nitrogens with one attached hydrogen (secondary N) is 1. The van der Waals surface area contributed by atoms with Crippen LogP contribution in [0.4, 0.5) is 5.69 Å². The molecule has 0 unspecified atom stereocenters. The maximum absolute atomic E-state index is 5.86. The Hall–Kier alpha value is -2.41. The first kappa shape index (κ1) is 16.1. The van der Waals surface area contributed by atoms with Crippen LogP contribution in [0.2, 0.25) is 0 Å². The van der Waals surface area contributed by atoms with Gasteiger partial charge in [-0.05, 0) is 26.8 Å². The Labute approximate surface area is 146 Å². The van der Waals surface area contributed by atoms with Crippen LogP contribution in [0.3, 0.4) is 0 Å². The van der Waals surface area contributed by atoms with Crippen LogP contribution in [0.15, 0.2) is 29.2 Å². The molecule has 0 fully saturated rings. The highest BCUT2D eigenvalue weighted by Gasteiger charge is 2.29. The number of ether oxygens (including phenoxy) is 2. The van der Waals surface area contributed by atoms with Crippen LogP contribution < -0.4 is 5.32 Å². The molecule has 0 aliphatic carbocycles. The molecule has 4 rings (SSSR count). The van der Waals surface area contributed by atoms with E-state index in [4.69, 9.17) is 14.5 Å². The summed E-state index contributed by atoms with van der Waals surface area (Å²) >= 11 is 0. The number of rotatable bonds is 4. The summed E-state index contributed by atoms with van der Waals surface area (Å²) in [6.45, 7) is 8.89. The second-order valence-corrected chi connectivity index (χ2v) is 6.94. The predicted octanol–water partition coefficient (Wildman–Crippen LogP) is 2.72. The fourth-order valence-electron chi connectivity index (χ4n) is 3.08. The molecule has 0 saturated carbocycles. The molecule has 2 aromatic rings. The number of anilines is 1. The second-order valence-electron chi connectivity index (χ2n) is 6.94. The van der Waals surface area contributed by atoms with Gasteiger partial charge >= 0.3 is 0 Å². The molecule has 25 heavy (non-hydrogen) atoms. The zero-order valence-corrected chi connectivity index (χ0v) is 14.9. The zero-order valence-electron chi connectivity index (χ0n) is 14.9. The van der Waals surface area contributed by atoms with Gasteiger partial charge in [-0.25, -0.2) is 14.7 Å². The number of aryl methyl sites for hydroxylation is 1. The minimum Gasteiger partial charge on any atom is -0.475 e. The van der Waals surface area contributed by atoms with Crippen LogP contribution in [0.25, 0.3) is 11.0 Å². The third kappa shape index (κ3) is 3.00. The summed E-state index contributed by atoms with van der Waals surface area (Å²) in [4.78, 5) is 9.33. The van der Waals surface area contributed by atoms with E-state index in [0.717, 1.165) is 47.6 Å². The lowest BCUT2D eigenvalue weighted by Gasteiger charge is -2.18. The summed E-state index contributed by atoms with van der Waals surface area (Å²) in [5.74, 6) is 0.638. The molecule has 132 valence electrons. The van der Waals surface area contributed by atoms with Crippen molar-refractivity contribution in [1.82, 2.24) is 14.8 Å². The van der Waals surface area contributed by atoms with E-state index < -0.39 is 0 Å². The molecule has 2 aromatic heterocycles. The topological polar surface area (TPSA) is 73.6 Å². The van der Waals surface area contributed by atoms with Gasteiger partial charge in [-0.1, -0.05) is 0 Å². The number of fused-ring (bicyclic) bond motifs is 1. The van der Waals surface area contributed by atoms with Crippen molar-refractivity contribution >= 4 is 22.6 Å². The molecule has 0 atom stereocenters. The third-order valence-electron chi connectivity index (χ3n) is 4.41. The van der Waals surface area contributed by atoms with Crippen molar-refractivity contribution in [2.75, 3.05) is 25.1 Å². The van der Waals surface area contributed by atoms with Gasteiger partial charge in [0, 0.05) is 24.9 Å². The van der Waals surface area contributed by atoms with Gasteiger partial charge < -0.3 is 14.8 Å². The summed E-state index contributed by atoms with van der Waals surface area (Å²) in [5, 5.41) is 8.99. The maximum Gasteiger partial charge on any atom is 0.220 e. The summed E-state index contributed by atoms with van der Waals surface area (Å²) in [5.41, 5.74) is 3.62. The SMILES string of the molecule is CCn1ncc2c(NC3=CCOCC3)c(C3=NC(C)(C)CO3)cnc21. The fourth-order valence-corrected chi connectivity index (χ4v) is 3.08. The van der Waals surface area contributed by atoms with Crippen molar-refractivity contribution in [2.24, 2.45) is 4.99 Å². The highest BCUT2D eigenvalue weighted by Crippen LogP contribution is 2.31. The van der Waals surface area contributed by atoms with E-state index >= 15 is 0 Å². The van der Waals surface area contributed by atoms with Gasteiger partial charge in [-0.15, -0.1) is 0 Å². The molecule has 0 bridgehead atoms. The average Bonchev–Trinajstić information content (AvgIpc) is 3.19. The third-order valence-corrected chi connectivity index (χ3v) is 4.41. The quantitative estimate of drug-likeness (QED) is 0.925. The first-order valence-corrected chi connectivity index (χ1v) is 8.69. The molecule has 2 aliphatic heterocycles. The summed E-state index contributed by atoms with van der Waals surface area (Å²) < 4.78 is 13.2. The molecule has 2 aliphatic rings. The van der Waals surface area contributed by atoms with Crippen molar-refractivity contribution in [3.63, 3.8) is 0 Å². The van der Waals surface area contributed by atoms with E-state index in [1.807, 2.05) is 17.1 Å². The Morgan fingerprint density at radius 3 is 2.88 bits per heavy atom. The Morgan fingerprint density at radius 2 is 2.20 bits per heavy atom. The highest BCUT2D eigenvalue weighted by atomic mass is 16.5. The van der Waals surface area contributed by atoms with Crippen LogP contribution in [0.1, 0.15) is 32.8 Å². The van der Waals surface area contributed by atoms with Crippen molar-refractivity contribution in [2.45, 2.75) is 39.3 Å². The number of pyridine rings is 1. The monoisotopic (exact) mass is 341 g/mol. The fraction of sp³-hybridized carbons (Fsp3) is 0.500. The second kappa shape index (κ2) is 6.15. The Morgan fingerprint density at radius 1 is 1.32 bits per heavy atom. The molecule has 0 aromatic carbocycles. The summed E-state index contributed by atoms with van der Waals surface area (Å²) in [6.07, 6.45) is 6.62. The first-order valence-electron chi connectivity index (χ1n) is 8.69. The van der Waals surface area contributed by atoms with Gasteiger partial charge in [0.05, 0.1) is 41.6 Å². The molecule has 7 heteroatoms. The molecule has 0 spiro atoms. The first-order chi connectivity index (χ1) is 12.1. The van der Waals surface area contributed by atoms with Crippen molar-refractivity contribution in [3.05, 3.63) is 29.7 Å². The molecule has 4 heterocycles. The largest absolute Gasteiger partial charge is 0.475 e. The van der Waals surface area contributed by atoms with Crippen LogP contribution in [-0.2, 0) is 16.0 Å². The van der Waals surface area contributed by atoms with Gasteiger partial charge in [-0.3, -0.25) is 0 Å². The van der Waals surface area contributed by atoms with Crippen molar-refractivity contribution in [1.29, 1.82) is 0 Å². The van der Waals surface area contributed by atoms with Crippen LogP contribution in [0, 0.1) is 0 Å². The molecular weight excluding hydrogens is 318 g/mol. The van der Waals surface area contributed by atoms with E-state index in [2.05, 4.69) is 42.2 Å². The van der Waals surface area contributed by atoms with Gasteiger partial charge in [0.15, 0.2) is 5.65 Å².